The van der Waals surface area contributed by atoms with E-state index in [4.69, 9.17) is 4.74 Å². The van der Waals surface area contributed by atoms with Crippen LogP contribution in [0.15, 0.2) is 37.1 Å². The van der Waals surface area contributed by atoms with Crippen molar-refractivity contribution in [3.05, 3.63) is 42.6 Å². The van der Waals surface area contributed by atoms with E-state index in [0.717, 1.165) is 16.5 Å². The van der Waals surface area contributed by atoms with Crippen LogP contribution in [-0.2, 0) is 16.0 Å². The van der Waals surface area contributed by atoms with Crippen LogP contribution in [0.25, 0.3) is 10.9 Å². The predicted molar refractivity (Wildman–Crippen MR) is 85.9 cm³/mol. The zero-order valence-corrected chi connectivity index (χ0v) is 12.4. The first-order valence-corrected chi connectivity index (χ1v) is 6.99. The SMILES string of the molecule is C=CCOC(=O)Nc1ccc2[nH]cc(CCNC(C)=O)c2c1. The highest BCUT2D eigenvalue weighted by Gasteiger charge is 2.07. The Balaban J connectivity index is 2.09. The van der Waals surface area contributed by atoms with E-state index < -0.39 is 6.09 Å². The van der Waals surface area contributed by atoms with Gasteiger partial charge in [0.1, 0.15) is 6.61 Å². The molecule has 1 aromatic heterocycles. The number of carbonyl (C=O) groups is 2. The summed E-state index contributed by atoms with van der Waals surface area (Å²) in [6.07, 6.45) is 3.61. The Morgan fingerprint density at radius 1 is 1.41 bits per heavy atom. The number of hydrogen-bond donors (Lipinski definition) is 3. The lowest BCUT2D eigenvalue weighted by Crippen LogP contribution is -2.22. The predicted octanol–water partition coefficient (Wildman–Crippen LogP) is 2.58. The van der Waals surface area contributed by atoms with Crippen LogP contribution >= 0.6 is 0 Å². The Morgan fingerprint density at radius 3 is 2.95 bits per heavy atom. The molecule has 0 saturated carbocycles. The van der Waals surface area contributed by atoms with Crippen LogP contribution in [0.3, 0.4) is 0 Å². The molecule has 2 rings (SSSR count). The highest BCUT2D eigenvalue weighted by Crippen LogP contribution is 2.22. The van der Waals surface area contributed by atoms with Gasteiger partial charge in [-0.15, -0.1) is 0 Å². The fourth-order valence-corrected chi connectivity index (χ4v) is 2.12. The monoisotopic (exact) mass is 301 g/mol. The largest absolute Gasteiger partial charge is 0.445 e. The third kappa shape index (κ3) is 4.12. The van der Waals surface area contributed by atoms with Crippen molar-refractivity contribution in [1.82, 2.24) is 10.3 Å². The lowest BCUT2D eigenvalue weighted by molar-refractivity contribution is -0.118. The van der Waals surface area contributed by atoms with Gasteiger partial charge in [0, 0.05) is 36.3 Å². The molecular weight excluding hydrogens is 282 g/mol. The first kappa shape index (κ1) is 15.6. The van der Waals surface area contributed by atoms with Gasteiger partial charge in [-0.05, 0) is 30.2 Å². The number of carbonyl (C=O) groups excluding carboxylic acids is 2. The molecule has 6 heteroatoms. The molecule has 3 N–H and O–H groups in total. The van der Waals surface area contributed by atoms with Gasteiger partial charge in [-0.2, -0.15) is 0 Å². The Bertz CT molecular complexity index is 691. The molecule has 1 heterocycles. The second-order valence-corrected chi connectivity index (χ2v) is 4.82. The maximum absolute atomic E-state index is 11.5. The fourth-order valence-electron chi connectivity index (χ4n) is 2.12. The third-order valence-corrected chi connectivity index (χ3v) is 3.11. The van der Waals surface area contributed by atoms with Crippen molar-refractivity contribution in [2.45, 2.75) is 13.3 Å². The molecule has 2 aromatic rings. The summed E-state index contributed by atoms with van der Waals surface area (Å²) in [5.41, 5.74) is 2.71. The van der Waals surface area contributed by atoms with E-state index in [-0.39, 0.29) is 12.5 Å². The van der Waals surface area contributed by atoms with Crippen molar-refractivity contribution in [2.24, 2.45) is 0 Å². The summed E-state index contributed by atoms with van der Waals surface area (Å²) in [5.74, 6) is -0.0489. The van der Waals surface area contributed by atoms with Gasteiger partial charge in [0.25, 0.3) is 0 Å². The molecule has 0 bridgehead atoms. The average Bonchev–Trinajstić information content (AvgIpc) is 2.87. The minimum Gasteiger partial charge on any atom is -0.445 e. The molecule has 0 fully saturated rings. The van der Waals surface area contributed by atoms with E-state index in [0.29, 0.717) is 18.7 Å². The normalized spacial score (nSPS) is 10.2. The maximum atomic E-state index is 11.5. The standard InChI is InChI=1S/C16H19N3O3/c1-3-8-22-16(21)19-13-4-5-15-14(9-13)12(10-18-15)6-7-17-11(2)20/h3-5,9-10,18H,1,6-8H2,2H3,(H,17,20)(H,19,21). The van der Waals surface area contributed by atoms with Gasteiger partial charge in [-0.1, -0.05) is 12.7 Å². The molecule has 0 unspecified atom stereocenters. The lowest BCUT2D eigenvalue weighted by Gasteiger charge is -2.06. The summed E-state index contributed by atoms with van der Waals surface area (Å²) in [5, 5.41) is 6.44. The molecule has 116 valence electrons. The number of aromatic nitrogens is 1. The van der Waals surface area contributed by atoms with Gasteiger partial charge >= 0.3 is 6.09 Å². The van der Waals surface area contributed by atoms with Gasteiger partial charge in [0.2, 0.25) is 5.91 Å². The number of H-pyrrole nitrogens is 1. The van der Waals surface area contributed by atoms with E-state index in [1.54, 1.807) is 6.07 Å². The lowest BCUT2D eigenvalue weighted by atomic mass is 10.1. The number of nitrogens with one attached hydrogen (secondary N) is 3. The molecule has 6 nitrogen and oxygen atoms in total. The quantitative estimate of drug-likeness (QED) is 0.717. The molecule has 0 aliphatic rings. The summed E-state index contributed by atoms with van der Waals surface area (Å²) in [6.45, 7) is 5.72. The second-order valence-electron chi connectivity index (χ2n) is 4.82. The van der Waals surface area contributed by atoms with Crippen LogP contribution < -0.4 is 10.6 Å². The van der Waals surface area contributed by atoms with Crippen molar-refractivity contribution in [3.8, 4) is 0 Å². The van der Waals surface area contributed by atoms with Crippen LogP contribution in [0.4, 0.5) is 10.5 Å². The van der Waals surface area contributed by atoms with Crippen LogP contribution in [-0.4, -0.2) is 30.1 Å². The molecule has 22 heavy (non-hydrogen) atoms. The molecule has 0 spiro atoms. The third-order valence-electron chi connectivity index (χ3n) is 3.11. The van der Waals surface area contributed by atoms with Crippen molar-refractivity contribution >= 4 is 28.6 Å². The Morgan fingerprint density at radius 2 is 2.23 bits per heavy atom. The zero-order chi connectivity index (χ0) is 15.9. The van der Waals surface area contributed by atoms with Gasteiger partial charge < -0.3 is 15.0 Å². The second kappa shape index (κ2) is 7.31. The number of ether oxygens (including phenoxy) is 1. The van der Waals surface area contributed by atoms with Crippen molar-refractivity contribution in [3.63, 3.8) is 0 Å². The smallest absolute Gasteiger partial charge is 0.411 e. The van der Waals surface area contributed by atoms with Gasteiger partial charge in [-0.25, -0.2) is 4.79 Å². The molecule has 0 aliphatic carbocycles. The number of anilines is 1. The van der Waals surface area contributed by atoms with Gasteiger partial charge in [0.15, 0.2) is 0 Å². The minimum absolute atomic E-state index is 0.0489. The Kier molecular flexibility index (Phi) is 5.19. The van der Waals surface area contributed by atoms with Gasteiger partial charge in [0.05, 0.1) is 0 Å². The first-order valence-electron chi connectivity index (χ1n) is 6.99. The number of hydrogen-bond acceptors (Lipinski definition) is 3. The van der Waals surface area contributed by atoms with Crippen LogP contribution in [0.5, 0.6) is 0 Å². The van der Waals surface area contributed by atoms with Crippen LogP contribution in [0.2, 0.25) is 0 Å². The van der Waals surface area contributed by atoms with E-state index >= 15 is 0 Å². The summed E-state index contributed by atoms with van der Waals surface area (Å²) in [4.78, 5) is 25.6. The van der Waals surface area contributed by atoms with Crippen molar-refractivity contribution in [1.29, 1.82) is 0 Å². The van der Waals surface area contributed by atoms with E-state index in [2.05, 4.69) is 22.2 Å². The van der Waals surface area contributed by atoms with Crippen molar-refractivity contribution < 1.29 is 14.3 Å². The number of fused-ring (bicyclic) bond motifs is 1. The fraction of sp³-hybridized carbons (Fsp3) is 0.250. The summed E-state index contributed by atoms with van der Waals surface area (Å²) in [7, 11) is 0. The first-order chi connectivity index (χ1) is 10.6. The van der Waals surface area contributed by atoms with E-state index in [9.17, 15) is 9.59 Å². The average molecular weight is 301 g/mol. The Hall–Kier alpha value is -2.76. The summed E-state index contributed by atoms with van der Waals surface area (Å²) in [6, 6.07) is 5.57. The molecule has 2 amide bonds. The molecule has 0 atom stereocenters. The van der Waals surface area contributed by atoms with Crippen LogP contribution in [0, 0.1) is 0 Å². The minimum atomic E-state index is -0.519. The van der Waals surface area contributed by atoms with E-state index in [1.807, 2.05) is 18.3 Å². The molecule has 0 aliphatic heterocycles. The summed E-state index contributed by atoms with van der Waals surface area (Å²) < 4.78 is 4.89. The molecule has 0 radical (unpaired) electrons. The summed E-state index contributed by atoms with van der Waals surface area (Å²) >= 11 is 0. The maximum Gasteiger partial charge on any atom is 0.411 e. The van der Waals surface area contributed by atoms with Crippen molar-refractivity contribution in [2.75, 3.05) is 18.5 Å². The molecule has 0 saturated heterocycles. The van der Waals surface area contributed by atoms with Gasteiger partial charge in [-0.3, -0.25) is 10.1 Å². The Labute approximate surface area is 128 Å². The highest BCUT2D eigenvalue weighted by molar-refractivity contribution is 5.91. The molecule has 1 aromatic carbocycles. The topological polar surface area (TPSA) is 83.2 Å². The van der Waals surface area contributed by atoms with Crippen LogP contribution in [0.1, 0.15) is 12.5 Å². The number of amides is 2. The number of aromatic amines is 1. The number of rotatable bonds is 6. The highest BCUT2D eigenvalue weighted by atomic mass is 16.5. The number of benzene rings is 1. The molecular formula is C16H19N3O3. The zero-order valence-electron chi connectivity index (χ0n) is 12.4. The van der Waals surface area contributed by atoms with E-state index in [1.165, 1.54) is 13.0 Å².